The van der Waals surface area contributed by atoms with Gasteiger partial charge in [-0.2, -0.15) is 0 Å². The molecule has 10 heteroatoms. The molecular weight excluding hydrogens is 567 g/mol. The molecule has 2 N–H and O–H groups in total. The smallest absolute Gasteiger partial charge is 0.338 e. The van der Waals surface area contributed by atoms with Gasteiger partial charge in [-0.1, -0.05) is 41.9 Å². The third-order valence-electron chi connectivity index (χ3n) is 7.28. The molecule has 2 heterocycles. The van der Waals surface area contributed by atoms with E-state index in [0.29, 0.717) is 16.3 Å². The largest absolute Gasteiger partial charge is 0.465 e. The molecule has 0 spiro atoms. The standard InChI is InChI=1S/C31H28ClFN2O5S/c1-3-39-30(37)25-19(23-10-7-15-41-23)16-22-26(28(25)36)24(17-11-13-18(32)14-12-17)27(31(38)40-4-2)29(34)35(22)21-9-6-5-8-20(21)33/h5-15,19,24-25H,3-4,16,34H2,1-2H3/t19-,24-,25-/m0/s1. The summed E-state index contributed by atoms with van der Waals surface area (Å²) in [5, 5.41) is 2.32. The number of Topliss-reactive ketones (excluding diaryl/α,β-unsaturated/α-hetero) is 1. The summed E-state index contributed by atoms with van der Waals surface area (Å²) in [6.07, 6.45) is 0.167. The Balaban J connectivity index is 1.82. The minimum Gasteiger partial charge on any atom is -0.465 e. The second-order valence-electron chi connectivity index (χ2n) is 9.57. The fourth-order valence-electron chi connectivity index (χ4n) is 5.61. The first-order valence-electron chi connectivity index (χ1n) is 13.2. The van der Waals surface area contributed by atoms with E-state index in [2.05, 4.69) is 0 Å². The molecular formula is C31H28ClFN2O5S. The molecule has 3 aromatic rings. The molecule has 0 unspecified atom stereocenters. The molecule has 0 saturated carbocycles. The number of carbonyl (C=O) groups is 3. The van der Waals surface area contributed by atoms with Crippen molar-refractivity contribution in [1.29, 1.82) is 0 Å². The number of hydrogen-bond acceptors (Lipinski definition) is 8. The lowest BCUT2D eigenvalue weighted by atomic mass is 9.68. The summed E-state index contributed by atoms with van der Waals surface area (Å²) in [5.41, 5.74) is 7.91. The maximum atomic E-state index is 15.4. The number of esters is 2. The van der Waals surface area contributed by atoms with Crippen molar-refractivity contribution in [3.63, 3.8) is 0 Å². The third-order valence-corrected chi connectivity index (χ3v) is 8.54. The van der Waals surface area contributed by atoms with Gasteiger partial charge >= 0.3 is 11.9 Å². The van der Waals surface area contributed by atoms with Crippen molar-refractivity contribution in [3.8, 4) is 0 Å². The molecule has 7 nitrogen and oxygen atoms in total. The maximum Gasteiger partial charge on any atom is 0.338 e. The fraction of sp³-hybridized carbons (Fsp3) is 0.258. The Morgan fingerprint density at radius 1 is 1.05 bits per heavy atom. The highest BCUT2D eigenvalue weighted by Crippen LogP contribution is 2.52. The van der Waals surface area contributed by atoms with Crippen molar-refractivity contribution in [3.05, 3.63) is 110 Å². The van der Waals surface area contributed by atoms with E-state index >= 15 is 4.39 Å². The van der Waals surface area contributed by atoms with Crippen LogP contribution in [0.15, 0.2) is 88.7 Å². The van der Waals surface area contributed by atoms with Crippen LogP contribution in [0.4, 0.5) is 10.1 Å². The number of rotatable bonds is 7. The van der Waals surface area contributed by atoms with E-state index in [-0.39, 0.29) is 42.3 Å². The Kier molecular flexibility index (Phi) is 8.28. The fourth-order valence-corrected chi connectivity index (χ4v) is 6.60. The molecule has 212 valence electrons. The Morgan fingerprint density at radius 2 is 1.76 bits per heavy atom. The quantitative estimate of drug-likeness (QED) is 0.262. The minimum atomic E-state index is -1.17. The summed E-state index contributed by atoms with van der Waals surface area (Å²) in [6, 6.07) is 16.4. The Labute approximate surface area is 246 Å². The summed E-state index contributed by atoms with van der Waals surface area (Å²) in [6.45, 7) is 3.47. The van der Waals surface area contributed by atoms with Crippen LogP contribution >= 0.6 is 22.9 Å². The van der Waals surface area contributed by atoms with Crippen molar-refractivity contribution in [2.24, 2.45) is 11.7 Å². The molecule has 2 aromatic carbocycles. The molecule has 3 atom stereocenters. The van der Waals surface area contributed by atoms with Gasteiger partial charge in [-0.15, -0.1) is 11.3 Å². The summed E-state index contributed by atoms with van der Waals surface area (Å²) < 4.78 is 26.2. The number of thiophene rings is 1. The van der Waals surface area contributed by atoms with Gasteiger partial charge in [-0.05, 0) is 61.5 Å². The van der Waals surface area contributed by atoms with E-state index in [1.54, 1.807) is 44.2 Å². The second-order valence-corrected chi connectivity index (χ2v) is 11.0. The zero-order chi connectivity index (χ0) is 29.3. The first-order chi connectivity index (χ1) is 19.8. The molecule has 1 aliphatic carbocycles. The zero-order valence-electron chi connectivity index (χ0n) is 22.4. The van der Waals surface area contributed by atoms with Crippen molar-refractivity contribution < 1.29 is 28.2 Å². The van der Waals surface area contributed by atoms with Crippen LogP contribution in [0.1, 0.15) is 42.5 Å². The summed E-state index contributed by atoms with van der Waals surface area (Å²) in [4.78, 5) is 43.8. The van der Waals surface area contributed by atoms with Crippen LogP contribution in [0.2, 0.25) is 5.02 Å². The van der Waals surface area contributed by atoms with E-state index in [0.717, 1.165) is 4.88 Å². The molecule has 1 aliphatic heterocycles. The lowest BCUT2D eigenvalue weighted by Crippen LogP contribution is -2.46. The highest BCUT2D eigenvalue weighted by atomic mass is 35.5. The van der Waals surface area contributed by atoms with Gasteiger partial charge < -0.3 is 15.2 Å². The van der Waals surface area contributed by atoms with Gasteiger partial charge in [0.2, 0.25) is 0 Å². The number of ketones is 1. The first-order valence-corrected chi connectivity index (χ1v) is 14.5. The van der Waals surface area contributed by atoms with E-state index < -0.39 is 41.3 Å². The highest BCUT2D eigenvalue weighted by molar-refractivity contribution is 7.10. The monoisotopic (exact) mass is 594 g/mol. The number of halogens is 2. The van der Waals surface area contributed by atoms with E-state index in [1.165, 1.54) is 34.4 Å². The van der Waals surface area contributed by atoms with Gasteiger partial charge in [0.05, 0.1) is 30.4 Å². The number of ether oxygens (including phenoxy) is 2. The molecule has 0 bridgehead atoms. The van der Waals surface area contributed by atoms with E-state index in [4.69, 9.17) is 26.8 Å². The zero-order valence-corrected chi connectivity index (χ0v) is 24.0. The van der Waals surface area contributed by atoms with Gasteiger partial charge in [0.15, 0.2) is 5.78 Å². The number of allylic oxidation sites excluding steroid dienone is 2. The van der Waals surface area contributed by atoms with Crippen molar-refractivity contribution >= 4 is 46.3 Å². The predicted molar refractivity (Wildman–Crippen MR) is 155 cm³/mol. The van der Waals surface area contributed by atoms with Crippen molar-refractivity contribution in [2.75, 3.05) is 18.1 Å². The van der Waals surface area contributed by atoms with Crippen LogP contribution < -0.4 is 10.6 Å². The van der Waals surface area contributed by atoms with Crippen LogP contribution in [0, 0.1) is 11.7 Å². The second kappa shape index (κ2) is 11.9. The molecule has 0 radical (unpaired) electrons. The average molecular weight is 595 g/mol. The van der Waals surface area contributed by atoms with Crippen LogP contribution in [-0.4, -0.2) is 30.9 Å². The molecule has 5 rings (SSSR count). The van der Waals surface area contributed by atoms with Gasteiger partial charge in [-0.25, -0.2) is 9.18 Å². The van der Waals surface area contributed by atoms with Crippen LogP contribution in [-0.2, 0) is 23.9 Å². The van der Waals surface area contributed by atoms with Gasteiger partial charge in [-0.3, -0.25) is 14.5 Å². The maximum absolute atomic E-state index is 15.4. The molecule has 2 aliphatic rings. The van der Waals surface area contributed by atoms with Crippen LogP contribution in [0.5, 0.6) is 0 Å². The first kappa shape index (κ1) is 28.6. The normalized spacial score (nSPS) is 20.6. The lowest BCUT2D eigenvalue weighted by molar-refractivity contribution is -0.152. The van der Waals surface area contributed by atoms with Crippen LogP contribution in [0.3, 0.4) is 0 Å². The molecule has 41 heavy (non-hydrogen) atoms. The highest BCUT2D eigenvalue weighted by Gasteiger charge is 2.51. The summed E-state index contributed by atoms with van der Waals surface area (Å²) >= 11 is 7.59. The van der Waals surface area contributed by atoms with Gasteiger partial charge in [0.1, 0.15) is 17.6 Å². The van der Waals surface area contributed by atoms with E-state index in [1.807, 2.05) is 17.5 Å². The number of hydrogen-bond donors (Lipinski definition) is 1. The van der Waals surface area contributed by atoms with Gasteiger partial charge in [0.25, 0.3) is 0 Å². The molecule has 0 saturated heterocycles. The summed E-state index contributed by atoms with van der Waals surface area (Å²) in [5.74, 6) is -5.32. The van der Waals surface area contributed by atoms with Crippen molar-refractivity contribution in [2.45, 2.75) is 32.1 Å². The lowest BCUT2D eigenvalue weighted by Gasteiger charge is -2.43. The van der Waals surface area contributed by atoms with Gasteiger partial charge in [0, 0.05) is 27.1 Å². The molecule has 0 fully saturated rings. The minimum absolute atomic E-state index is 0.0262. The molecule has 0 amide bonds. The number of nitrogens with zero attached hydrogens (tertiary/aromatic N) is 1. The molecule has 1 aromatic heterocycles. The summed E-state index contributed by atoms with van der Waals surface area (Å²) in [7, 11) is 0. The SMILES string of the molecule is CCOC(=O)C1=C(N)N(c2ccccc2F)C2=C(C(=O)[C@@H](C(=O)OCC)[C@H](c3cccs3)C2)[C@@H]1c1ccc(Cl)cc1. The number of anilines is 1. The van der Waals surface area contributed by atoms with Crippen molar-refractivity contribution in [1.82, 2.24) is 0 Å². The average Bonchev–Trinajstić information content (AvgIpc) is 3.49. The van der Waals surface area contributed by atoms with E-state index in [9.17, 15) is 14.4 Å². The Bertz CT molecular complexity index is 1550. The third kappa shape index (κ3) is 5.15. The topological polar surface area (TPSA) is 98.9 Å². The van der Waals surface area contributed by atoms with Crippen LogP contribution in [0.25, 0.3) is 0 Å². The number of para-hydroxylation sites is 1. The number of carbonyl (C=O) groups excluding carboxylic acids is 3. The number of benzene rings is 2. The Morgan fingerprint density at radius 3 is 2.39 bits per heavy atom. The number of nitrogens with two attached hydrogens (primary N) is 1. The predicted octanol–water partition coefficient (Wildman–Crippen LogP) is 6.07. The Hall–Kier alpha value is -3.95.